The molecule has 152 valence electrons. The molecule has 4 rings (SSSR count). The number of nitrogens with zero attached hydrogens (tertiary/aromatic N) is 1. The van der Waals surface area contributed by atoms with Crippen LogP contribution >= 0.6 is 0 Å². The molecule has 0 aliphatic carbocycles. The second-order valence-corrected chi connectivity index (χ2v) is 8.24. The summed E-state index contributed by atoms with van der Waals surface area (Å²) in [6.45, 7) is 7.62. The van der Waals surface area contributed by atoms with E-state index in [1.54, 1.807) is 0 Å². The van der Waals surface area contributed by atoms with Gasteiger partial charge in [0, 0.05) is 36.0 Å². The molecule has 1 aliphatic rings. The third kappa shape index (κ3) is 4.08. The largest absolute Gasteiger partial charge is 0.379 e. The third-order valence-electron chi connectivity index (χ3n) is 5.74. The Kier molecular flexibility index (Phi) is 5.72. The lowest BCUT2D eigenvalue weighted by atomic mass is 9.96. The molecule has 1 atom stereocenters. The standard InChI is InChI=1S/C25H30N2O2/c1-17(2)29-16-6-15-27-22(13-14-23(27)28)24-20-7-4-5-8-21(20)26-25(24)19-11-9-18(3)10-12-19/h4-5,7-12,17,22,26H,6,13-16H2,1-3H3/t22-/m1/s1. The molecule has 29 heavy (non-hydrogen) atoms. The van der Waals surface area contributed by atoms with Crippen molar-refractivity contribution >= 4 is 16.8 Å². The van der Waals surface area contributed by atoms with Crippen LogP contribution in [0.4, 0.5) is 0 Å². The van der Waals surface area contributed by atoms with Gasteiger partial charge in [-0.15, -0.1) is 0 Å². The van der Waals surface area contributed by atoms with E-state index in [1.807, 2.05) is 13.8 Å². The Labute approximate surface area is 172 Å². The molecule has 0 bridgehead atoms. The van der Waals surface area contributed by atoms with Crippen molar-refractivity contribution in [3.63, 3.8) is 0 Å². The van der Waals surface area contributed by atoms with Crippen LogP contribution in [0.1, 0.15) is 50.3 Å². The Hall–Kier alpha value is -2.59. The van der Waals surface area contributed by atoms with Gasteiger partial charge in [-0.25, -0.2) is 0 Å². The number of carbonyl (C=O) groups is 1. The lowest BCUT2D eigenvalue weighted by molar-refractivity contribution is -0.129. The van der Waals surface area contributed by atoms with Gasteiger partial charge in [0.05, 0.1) is 17.8 Å². The maximum Gasteiger partial charge on any atom is 0.223 e. The zero-order chi connectivity index (χ0) is 20.4. The third-order valence-corrected chi connectivity index (χ3v) is 5.74. The monoisotopic (exact) mass is 390 g/mol. The number of H-pyrrole nitrogens is 1. The molecule has 4 nitrogen and oxygen atoms in total. The zero-order valence-corrected chi connectivity index (χ0v) is 17.6. The fourth-order valence-corrected chi connectivity index (χ4v) is 4.33. The molecular weight excluding hydrogens is 360 g/mol. The van der Waals surface area contributed by atoms with E-state index in [0.717, 1.165) is 30.6 Å². The molecule has 1 saturated heterocycles. The van der Waals surface area contributed by atoms with Crippen molar-refractivity contribution in [1.82, 2.24) is 9.88 Å². The molecule has 1 aliphatic heterocycles. The van der Waals surface area contributed by atoms with Gasteiger partial charge in [-0.2, -0.15) is 0 Å². The van der Waals surface area contributed by atoms with E-state index >= 15 is 0 Å². The fourth-order valence-electron chi connectivity index (χ4n) is 4.33. The number of likely N-dealkylation sites (tertiary alicyclic amines) is 1. The number of aromatic amines is 1. The number of aromatic nitrogens is 1. The highest BCUT2D eigenvalue weighted by Crippen LogP contribution is 2.42. The van der Waals surface area contributed by atoms with Crippen molar-refractivity contribution in [2.24, 2.45) is 0 Å². The second kappa shape index (κ2) is 8.42. The van der Waals surface area contributed by atoms with Crippen molar-refractivity contribution in [2.75, 3.05) is 13.2 Å². The number of para-hydroxylation sites is 1. The Bertz CT molecular complexity index is 988. The lowest BCUT2D eigenvalue weighted by Crippen LogP contribution is -2.29. The number of fused-ring (bicyclic) bond motifs is 1. The highest BCUT2D eigenvalue weighted by Gasteiger charge is 2.35. The second-order valence-electron chi connectivity index (χ2n) is 8.24. The first-order chi connectivity index (χ1) is 14.0. The molecule has 1 N–H and O–H groups in total. The Morgan fingerprint density at radius 3 is 2.66 bits per heavy atom. The average Bonchev–Trinajstić information content (AvgIpc) is 3.26. The molecule has 3 aromatic rings. The molecule has 4 heteroatoms. The molecular formula is C25H30N2O2. The van der Waals surface area contributed by atoms with Crippen LogP contribution in [-0.2, 0) is 9.53 Å². The summed E-state index contributed by atoms with van der Waals surface area (Å²) in [5.74, 6) is 0.250. The SMILES string of the molecule is Cc1ccc(-c2[nH]c3ccccc3c2[C@H]2CCC(=O)N2CCCOC(C)C)cc1. The molecule has 0 radical (unpaired) electrons. The Morgan fingerprint density at radius 1 is 1.14 bits per heavy atom. The van der Waals surface area contributed by atoms with Crippen molar-refractivity contribution in [2.45, 2.75) is 52.2 Å². The smallest absolute Gasteiger partial charge is 0.223 e. The van der Waals surface area contributed by atoms with Crippen LogP contribution in [0.15, 0.2) is 48.5 Å². The van der Waals surface area contributed by atoms with Crippen LogP contribution in [0.3, 0.4) is 0 Å². The highest BCUT2D eigenvalue weighted by molar-refractivity contribution is 5.92. The minimum absolute atomic E-state index is 0.106. The van der Waals surface area contributed by atoms with E-state index in [9.17, 15) is 4.79 Å². The molecule has 2 heterocycles. The van der Waals surface area contributed by atoms with Crippen molar-refractivity contribution in [1.29, 1.82) is 0 Å². The minimum atomic E-state index is 0.106. The molecule has 1 fully saturated rings. The number of hydrogen-bond acceptors (Lipinski definition) is 2. The van der Waals surface area contributed by atoms with Gasteiger partial charge in [-0.05, 0) is 45.2 Å². The molecule has 0 spiro atoms. The molecule has 0 unspecified atom stereocenters. The van der Waals surface area contributed by atoms with E-state index in [-0.39, 0.29) is 18.1 Å². The molecule has 2 aromatic carbocycles. The van der Waals surface area contributed by atoms with Gasteiger partial charge in [-0.3, -0.25) is 4.79 Å². The van der Waals surface area contributed by atoms with Gasteiger partial charge in [0.1, 0.15) is 0 Å². The number of amides is 1. The first-order valence-corrected chi connectivity index (χ1v) is 10.6. The van der Waals surface area contributed by atoms with E-state index in [2.05, 4.69) is 65.3 Å². The van der Waals surface area contributed by atoms with Crippen LogP contribution in [0.2, 0.25) is 0 Å². The summed E-state index contributed by atoms with van der Waals surface area (Å²) in [6, 6.07) is 17.2. The normalized spacial score (nSPS) is 17.0. The molecule has 1 amide bonds. The van der Waals surface area contributed by atoms with E-state index < -0.39 is 0 Å². The fraction of sp³-hybridized carbons (Fsp3) is 0.400. The van der Waals surface area contributed by atoms with Crippen molar-refractivity contribution < 1.29 is 9.53 Å². The summed E-state index contributed by atoms with van der Waals surface area (Å²) in [5, 5.41) is 1.21. The van der Waals surface area contributed by atoms with Gasteiger partial charge in [-0.1, -0.05) is 48.0 Å². The van der Waals surface area contributed by atoms with Gasteiger partial charge in [0.25, 0.3) is 0 Å². The maximum atomic E-state index is 12.7. The van der Waals surface area contributed by atoms with Gasteiger partial charge >= 0.3 is 0 Å². The number of ether oxygens (including phenoxy) is 1. The number of carbonyl (C=O) groups excluding carboxylic acids is 1. The Balaban J connectivity index is 1.70. The van der Waals surface area contributed by atoms with Crippen LogP contribution in [0.25, 0.3) is 22.2 Å². The topological polar surface area (TPSA) is 45.3 Å². The number of rotatable bonds is 7. The maximum absolute atomic E-state index is 12.7. The lowest BCUT2D eigenvalue weighted by Gasteiger charge is -2.26. The quantitative estimate of drug-likeness (QED) is 0.532. The van der Waals surface area contributed by atoms with Crippen LogP contribution in [0, 0.1) is 6.92 Å². The number of hydrogen-bond donors (Lipinski definition) is 1. The van der Waals surface area contributed by atoms with Crippen LogP contribution in [-0.4, -0.2) is 35.0 Å². The van der Waals surface area contributed by atoms with Crippen LogP contribution in [0.5, 0.6) is 0 Å². The summed E-state index contributed by atoms with van der Waals surface area (Å²) < 4.78 is 5.69. The predicted molar refractivity (Wildman–Crippen MR) is 118 cm³/mol. The minimum Gasteiger partial charge on any atom is -0.379 e. The molecule has 1 aromatic heterocycles. The molecule has 0 saturated carbocycles. The van der Waals surface area contributed by atoms with E-state index in [4.69, 9.17) is 4.74 Å². The highest BCUT2D eigenvalue weighted by atomic mass is 16.5. The summed E-state index contributed by atoms with van der Waals surface area (Å²) in [7, 11) is 0. The summed E-state index contributed by atoms with van der Waals surface area (Å²) in [6.07, 6.45) is 2.57. The average molecular weight is 391 g/mol. The number of benzene rings is 2. The summed E-state index contributed by atoms with van der Waals surface area (Å²) >= 11 is 0. The first-order valence-electron chi connectivity index (χ1n) is 10.6. The van der Waals surface area contributed by atoms with Crippen LogP contribution < -0.4 is 0 Å². The van der Waals surface area contributed by atoms with Crippen molar-refractivity contribution in [3.05, 3.63) is 59.7 Å². The number of aryl methyl sites for hydroxylation is 1. The first kappa shape index (κ1) is 19.7. The van der Waals surface area contributed by atoms with E-state index in [1.165, 1.54) is 22.1 Å². The van der Waals surface area contributed by atoms with Gasteiger partial charge in [0.15, 0.2) is 0 Å². The van der Waals surface area contributed by atoms with Gasteiger partial charge < -0.3 is 14.6 Å². The van der Waals surface area contributed by atoms with Crippen molar-refractivity contribution in [3.8, 4) is 11.3 Å². The number of nitrogens with one attached hydrogen (secondary N) is 1. The predicted octanol–water partition coefficient (Wildman–Crippen LogP) is 5.62. The van der Waals surface area contributed by atoms with Gasteiger partial charge in [0.2, 0.25) is 5.91 Å². The zero-order valence-electron chi connectivity index (χ0n) is 17.6. The Morgan fingerprint density at radius 2 is 1.90 bits per heavy atom. The summed E-state index contributed by atoms with van der Waals surface area (Å²) in [4.78, 5) is 18.4. The summed E-state index contributed by atoms with van der Waals surface area (Å²) in [5.41, 5.74) is 5.92. The van der Waals surface area contributed by atoms with E-state index in [0.29, 0.717) is 13.0 Å².